The second kappa shape index (κ2) is 9.66. The summed E-state index contributed by atoms with van der Waals surface area (Å²) in [7, 11) is 0. The number of halogens is 1. The van der Waals surface area contributed by atoms with Gasteiger partial charge in [0.25, 0.3) is 11.8 Å². The maximum Gasteiger partial charge on any atom is 0.265 e. The van der Waals surface area contributed by atoms with Crippen LogP contribution in [0, 0.1) is 6.92 Å². The molecule has 0 fully saturated rings. The molecule has 1 amide bonds. The fourth-order valence-corrected chi connectivity index (χ4v) is 3.37. The Labute approximate surface area is 191 Å². The van der Waals surface area contributed by atoms with E-state index in [1.807, 2.05) is 68.4 Å². The molecule has 1 aromatic heterocycles. The third-order valence-electron chi connectivity index (χ3n) is 4.95. The van der Waals surface area contributed by atoms with Crippen LogP contribution in [-0.2, 0) is 4.79 Å². The summed E-state index contributed by atoms with van der Waals surface area (Å²) in [5.74, 6) is 0.959. The Kier molecular flexibility index (Phi) is 6.52. The molecule has 0 saturated carbocycles. The van der Waals surface area contributed by atoms with E-state index in [4.69, 9.17) is 20.8 Å². The van der Waals surface area contributed by atoms with Gasteiger partial charge < -0.3 is 14.5 Å². The van der Waals surface area contributed by atoms with Gasteiger partial charge in [-0.1, -0.05) is 54.9 Å². The van der Waals surface area contributed by atoms with Crippen molar-refractivity contribution in [3.63, 3.8) is 0 Å². The van der Waals surface area contributed by atoms with Crippen LogP contribution in [0.25, 0.3) is 22.9 Å². The summed E-state index contributed by atoms with van der Waals surface area (Å²) in [6.07, 6.45) is -0.246. The quantitative estimate of drug-likeness (QED) is 0.367. The van der Waals surface area contributed by atoms with Crippen molar-refractivity contribution in [2.24, 2.45) is 0 Å². The number of aryl methyl sites for hydroxylation is 1. The molecule has 4 rings (SSSR count). The second-order valence-corrected chi connectivity index (χ2v) is 7.67. The highest BCUT2D eigenvalue weighted by Crippen LogP contribution is 2.32. The predicted octanol–water partition coefficient (Wildman–Crippen LogP) is 6.16. The average Bonchev–Trinajstić information content (AvgIpc) is 3.31. The number of amides is 1. The number of anilines is 1. The Morgan fingerprint density at radius 2 is 1.75 bits per heavy atom. The molecule has 0 aliphatic heterocycles. The molecule has 3 aromatic carbocycles. The van der Waals surface area contributed by atoms with Gasteiger partial charge in [0.05, 0.1) is 5.56 Å². The minimum atomic E-state index is -0.717. The highest BCUT2D eigenvalue weighted by atomic mass is 35.5. The van der Waals surface area contributed by atoms with Crippen LogP contribution in [0.1, 0.15) is 18.9 Å². The minimum absolute atomic E-state index is 0.261. The van der Waals surface area contributed by atoms with Crippen LogP contribution in [0.3, 0.4) is 0 Å². The summed E-state index contributed by atoms with van der Waals surface area (Å²) in [5.41, 5.74) is 3.01. The highest BCUT2D eigenvalue weighted by molar-refractivity contribution is 6.31. The molecule has 0 aliphatic rings. The molecule has 0 bridgehead atoms. The number of nitrogens with one attached hydrogen (secondary N) is 1. The van der Waals surface area contributed by atoms with E-state index in [1.54, 1.807) is 18.2 Å². The molecule has 0 spiro atoms. The molecule has 1 N–H and O–H groups in total. The molecule has 4 aromatic rings. The lowest BCUT2D eigenvalue weighted by atomic mass is 10.1. The summed E-state index contributed by atoms with van der Waals surface area (Å²) >= 11 is 6.07. The van der Waals surface area contributed by atoms with Crippen LogP contribution >= 0.6 is 11.6 Å². The summed E-state index contributed by atoms with van der Waals surface area (Å²) in [4.78, 5) is 12.9. The molecular weight excluding hydrogens is 426 g/mol. The topological polar surface area (TPSA) is 77.2 Å². The summed E-state index contributed by atoms with van der Waals surface area (Å²) in [5, 5.41) is 11.8. The largest absolute Gasteiger partial charge is 0.480 e. The molecule has 32 heavy (non-hydrogen) atoms. The zero-order valence-electron chi connectivity index (χ0n) is 17.7. The number of hydrogen-bond acceptors (Lipinski definition) is 5. The molecule has 1 heterocycles. The smallest absolute Gasteiger partial charge is 0.265 e. The molecule has 6 nitrogen and oxygen atoms in total. The van der Waals surface area contributed by atoms with Crippen molar-refractivity contribution in [1.82, 2.24) is 10.2 Å². The van der Waals surface area contributed by atoms with Gasteiger partial charge in [0.15, 0.2) is 6.10 Å². The van der Waals surface area contributed by atoms with E-state index in [1.165, 1.54) is 0 Å². The fourth-order valence-electron chi connectivity index (χ4n) is 3.19. The molecule has 0 saturated heterocycles. The van der Waals surface area contributed by atoms with Crippen molar-refractivity contribution in [3.8, 4) is 28.7 Å². The van der Waals surface area contributed by atoms with Crippen molar-refractivity contribution in [1.29, 1.82) is 0 Å². The van der Waals surface area contributed by atoms with Gasteiger partial charge in [-0.05, 0) is 55.3 Å². The van der Waals surface area contributed by atoms with Gasteiger partial charge in [0.2, 0.25) is 5.89 Å². The molecule has 1 unspecified atom stereocenters. The zero-order valence-corrected chi connectivity index (χ0v) is 18.5. The van der Waals surface area contributed by atoms with Crippen molar-refractivity contribution >= 4 is 23.2 Å². The third kappa shape index (κ3) is 4.81. The van der Waals surface area contributed by atoms with Crippen LogP contribution in [0.2, 0.25) is 5.02 Å². The van der Waals surface area contributed by atoms with Crippen molar-refractivity contribution in [3.05, 3.63) is 83.4 Å². The van der Waals surface area contributed by atoms with Gasteiger partial charge in [0.1, 0.15) is 5.75 Å². The first-order chi connectivity index (χ1) is 15.5. The number of carbonyl (C=O) groups excluding carboxylic acids is 1. The number of ether oxygens (including phenoxy) is 1. The number of nitrogens with zero attached hydrogens (tertiary/aromatic N) is 2. The molecule has 7 heteroatoms. The van der Waals surface area contributed by atoms with E-state index in [-0.39, 0.29) is 5.91 Å². The minimum Gasteiger partial charge on any atom is -0.480 e. The number of rotatable bonds is 7. The lowest BCUT2D eigenvalue weighted by Gasteiger charge is -2.19. The number of carbonyl (C=O) groups is 1. The molecular formula is C25H22ClN3O3. The fraction of sp³-hybridized carbons (Fsp3) is 0.160. The van der Waals surface area contributed by atoms with Crippen LogP contribution in [0.5, 0.6) is 5.75 Å². The maximum absolute atomic E-state index is 12.9. The van der Waals surface area contributed by atoms with E-state index < -0.39 is 6.10 Å². The van der Waals surface area contributed by atoms with Crippen LogP contribution in [0.15, 0.2) is 77.2 Å². The Bertz CT molecular complexity index is 1220. The third-order valence-corrected chi connectivity index (χ3v) is 5.19. The Morgan fingerprint density at radius 1 is 1.03 bits per heavy atom. The molecule has 0 aliphatic carbocycles. The number of hydrogen-bond donors (Lipinski definition) is 1. The van der Waals surface area contributed by atoms with Crippen molar-refractivity contribution in [2.75, 3.05) is 5.32 Å². The monoisotopic (exact) mass is 447 g/mol. The van der Waals surface area contributed by atoms with Crippen molar-refractivity contribution in [2.45, 2.75) is 26.4 Å². The number of para-hydroxylation sites is 1. The number of aromatic nitrogens is 2. The molecule has 162 valence electrons. The first-order valence-electron chi connectivity index (χ1n) is 10.3. The van der Waals surface area contributed by atoms with E-state index in [2.05, 4.69) is 15.5 Å². The first-order valence-corrected chi connectivity index (χ1v) is 10.6. The Balaban J connectivity index is 1.56. The van der Waals surface area contributed by atoms with Gasteiger partial charge in [-0.25, -0.2) is 0 Å². The maximum atomic E-state index is 12.9. The van der Waals surface area contributed by atoms with E-state index >= 15 is 0 Å². The van der Waals surface area contributed by atoms with Crippen LogP contribution < -0.4 is 10.1 Å². The SMILES string of the molecule is CCC(Oc1ccccc1-c1nnc(-c2ccccc2)o1)C(=O)Nc1cc(Cl)ccc1C. The van der Waals surface area contributed by atoms with Gasteiger partial charge >= 0.3 is 0 Å². The Hall–Kier alpha value is -3.64. The van der Waals surface area contributed by atoms with E-state index in [9.17, 15) is 4.79 Å². The van der Waals surface area contributed by atoms with Gasteiger partial charge in [-0.15, -0.1) is 10.2 Å². The average molecular weight is 448 g/mol. The lowest BCUT2D eigenvalue weighted by molar-refractivity contribution is -0.122. The second-order valence-electron chi connectivity index (χ2n) is 7.24. The lowest BCUT2D eigenvalue weighted by Crippen LogP contribution is -2.32. The van der Waals surface area contributed by atoms with Gasteiger partial charge in [-0.3, -0.25) is 4.79 Å². The van der Waals surface area contributed by atoms with Gasteiger partial charge in [-0.2, -0.15) is 0 Å². The summed E-state index contributed by atoms with van der Waals surface area (Å²) < 4.78 is 12.0. The molecule has 1 atom stereocenters. The van der Waals surface area contributed by atoms with Crippen molar-refractivity contribution < 1.29 is 13.9 Å². The predicted molar refractivity (Wildman–Crippen MR) is 125 cm³/mol. The summed E-state index contributed by atoms with van der Waals surface area (Å²) in [6.45, 7) is 3.79. The van der Waals surface area contributed by atoms with Crippen LogP contribution in [0.4, 0.5) is 5.69 Å². The molecule has 0 radical (unpaired) electrons. The zero-order chi connectivity index (χ0) is 22.5. The normalized spacial score (nSPS) is 11.7. The Morgan fingerprint density at radius 3 is 2.53 bits per heavy atom. The van der Waals surface area contributed by atoms with E-state index in [0.29, 0.717) is 40.2 Å². The van der Waals surface area contributed by atoms with E-state index in [0.717, 1.165) is 11.1 Å². The summed E-state index contributed by atoms with van der Waals surface area (Å²) in [6, 6.07) is 22.2. The number of benzene rings is 3. The standard InChI is InChI=1S/C25H22ClN3O3/c1-3-21(23(30)27-20-15-18(26)14-13-16(20)2)31-22-12-8-7-11-19(22)25-29-28-24(32-25)17-9-5-4-6-10-17/h4-15,21H,3H2,1-2H3,(H,27,30). The van der Waals surface area contributed by atoms with Gasteiger partial charge in [0, 0.05) is 16.3 Å². The van der Waals surface area contributed by atoms with Crippen LogP contribution in [-0.4, -0.2) is 22.2 Å². The highest BCUT2D eigenvalue weighted by Gasteiger charge is 2.22. The first kappa shape index (κ1) is 21.6.